The highest BCUT2D eigenvalue weighted by Gasteiger charge is 2.15. The summed E-state index contributed by atoms with van der Waals surface area (Å²) >= 11 is 11.8. The van der Waals surface area contributed by atoms with E-state index in [4.69, 9.17) is 23.8 Å². The van der Waals surface area contributed by atoms with Crippen molar-refractivity contribution in [1.29, 1.82) is 0 Å². The zero-order valence-corrected chi connectivity index (χ0v) is 17.4. The van der Waals surface area contributed by atoms with Crippen LogP contribution in [0.25, 0.3) is 0 Å². The molecule has 1 saturated carbocycles. The Morgan fingerprint density at radius 3 is 2.18 bits per heavy atom. The zero-order chi connectivity index (χ0) is 19.9. The van der Waals surface area contributed by atoms with Crippen LogP contribution >= 0.6 is 23.8 Å². The van der Waals surface area contributed by atoms with E-state index in [1.54, 1.807) is 0 Å². The number of rotatable bonds is 6. The Hall–Kier alpha value is -2.31. The van der Waals surface area contributed by atoms with Gasteiger partial charge in [-0.05, 0) is 73.4 Å². The Morgan fingerprint density at radius 2 is 1.57 bits per heavy atom. The molecule has 0 unspecified atom stereocenters. The minimum atomic E-state index is -0.101. The van der Waals surface area contributed by atoms with Crippen LogP contribution in [0, 0.1) is 5.92 Å². The number of thiocarbonyl (C=S) groups is 1. The van der Waals surface area contributed by atoms with Gasteiger partial charge in [0.15, 0.2) is 5.11 Å². The predicted octanol–water partition coefficient (Wildman–Crippen LogP) is 5.71. The van der Waals surface area contributed by atoms with Gasteiger partial charge in [-0.15, -0.1) is 0 Å². The molecule has 0 radical (unpaired) electrons. The number of halogens is 1. The van der Waals surface area contributed by atoms with Gasteiger partial charge in [0, 0.05) is 30.5 Å². The fourth-order valence-electron chi connectivity index (χ4n) is 3.34. The van der Waals surface area contributed by atoms with E-state index in [9.17, 15) is 4.79 Å². The lowest BCUT2D eigenvalue weighted by atomic mass is 10.1. The summed E-state index contributed by atoms with van der Waals surface area (Å²) in [4.78, 5) is 11.1. The second kappa shape index (κ2) is 9.75. The summed E-state index contributed by atoms with van der Waals surface area (Å²) in [5, 5.41) is 13.6. The molecule has 4 N–H and O–H groups in total. The molecule has 0 bridgehead atoms. The molecule has 1 aliphatic carbocycles. The van der Waals surface area contributed by atoms with Crippen molar-refractivity contribution in [1.82, 2.24) is 0 Å². The first-order valence-electron chi connectivity index (χ1n) is 9.48. The third kappa shape index (κ3) is 6.11. The van der Waals surface area contributed by atoms with E-state index in [0.29, 0.717) is 10.1 Å². The number of hydrogen-bond acceptors (Lipinski definition) is 3. The molecule has 0 heterocycles. The van der Waals surface area contributed by atoms with Crippen molar-refractivity contribution in [2.45, 2.75) is 32.6 Å². The van der Waals surface area contributed by atoms with Gasteiger partial charge in [-0.25, -0.2) is 0 Å². The topological polar surface area (TPSA) is 65.2 Å². The summed E-state index contributed by atoms with van der Waals surface area (Å²) < 4.78 is 0. The third-order valence-electron chi connectivity index (χ3n) is 4.75. The molecule has 1 amide bonds. The first-order valence-corrected chi connectivity index (χ1v) is 10.3. The van der Waals surface area contributed by atoms with Gasteiger partial charge >= 0.3 is 0 Å². The van der Waals surface area contributed by atoms with E-state index >= 15 is 0 Å². The molecule has 0 aliphatic heterocycles. The van der Waals surface area contributed by atoms with Gasteiger partial charge in [-0.2, -0.15) is 0 Å². The highest BCUT2D eigenvalue weighted by molar-refractivity contribution is 7.80. The van der Waals surface area contributed by atoms with Gasteiger partial charge in [-0.3, -0.25) is 4.79 Å². The molecular formula is C21H25ClN4OS. The zero-order valence-electron chi connectivity index (χ0n) is 15.8. The van der Waals surface area contributed by atoms with Crippen LogP contribution in [-0.4, -0.2) is 17.6 Å². The Kier molecular flexibility index (Phi) is 7.12. The Labute approximate surface area is 176 Å². The number of carbonyl (C=O) groups is 1. The van der Waals surface area contributed by atoms with Gasteiger partial charge in [0.2, 0.25) is 5.91 Å². The molecule has 28 heavy (non-hydrogen) atoms. The Bertz CT molecular complexity index is 835. The molecule has 1 fully saturated rings. The highest BCUT2D eigenvalue weighted by Crippen LogP contribution is 2.29. The maximum Gasteiger partial charge on any atom is 0.221 e. The van der Waals surface area contributed by atoms with Crippen LogP contribution in [0.5, 0.6) is 0 Å². The van der Waals surface area contributed by atoms with Crippen LogP contribution in [0.2, 0.25) is 5.02 Å². The third-order valence-corrected chi connectivity index (χ3v) is 5.26. The average molecular weight is 417 g/mol. The first-order chi connectivity index (χ1) is 13.5. The Balaban J connectivity index is 1.51. The van der Waals surface area contributed by atoms with E-state index in [2.05, 4.69) is 21.3 Å². The Morgan fingerprint density at radius 1 is 1.00 bits per heavy atom. The van der Waals surface area contributed by atoms with E-state index in [1.165, 1.54) is 32.6 Å². The van der Waals surface area contributed by atoms with Crippen molar-refractivity contribution >= 4 is 57.6 Å². The molecule has 0 atom stereocenters. The molecule has 5 nitrogen and oxygen atoms in total. The maximum atomic E-state index is 11.1. The SMILES string of the molecule is CC(=O)Nc1ccc(NC(=S)Nc2ccc(NCC3CCCC3)c(Cl)c2)cc1. The molecule has 0 saturated heterocycles. The molecule has 7 heteroatoms. The standard InChI is InChI=1S/C21H25ClN4OS/c1-14(27)24-16-6-8-17(9-7-16)25-21(28)26-18-10-11-20(19(22)12-18)23-13-15-4-2-3-5-15/h6-12,15,23H,2-5,13H2,1H3,(H,24,27)(H2,25,26,28). The fourth-order valence-corrected chi connectivity index (χ4v) is 3.82. The molecule has 2 aromatic carbocycles. The predicted molar refractivity (Wildman–Crippen MR) is 122 cm³/mol. The molecular weight excluding hydrogens is 392 g/mol. The minimum Gasteiger partial charge on any atom is -0.384 e. The summed E-state index contributed by atoms with van der Waals surface area (Å²) in [7, 11) is 0. The largest absolute Gasteiger partial charge is 0.384 e. The summed E-state index contributed by atoms with van der Waals surface area (Å²) in [6, 6.07) is 13.1. The molecule has 3 rings (SSSR count). The van der Waals surface area contributed by atoms with E-state index in [0.717, 1.165) is 35.2 Å². The summed E-state index contributed by atoms with van der Waals surface area (Å²) in [6.45, 7) is 2.45. The second-order valence-electron chi connectivity index (χ2n) is 7.06. The van der Waals surface area contributed by atoms with Crippen molar-refractivity contribution in [3.8, 4) is 0 Å². The van der Waals surface area contributed by atoms with E-state index < -0.39 is 0 Å². The highest BCUT2D eigenvalue weighted by atomic mass is 35.5. The molecule has 2 aromatic rings. The quantitative estimate of drug-likeness (QED) is 0.454. The number of anilines is 4. The van der Waals surface area contributed by atoms with Gasteiger partial charge in [0.05, 0.1) is 10.7 Å². The maximum absolute atomic E-state index is 11.1. The van der Waals surface area contributed by atoms with Crippen LogP contribution in [0.15, 0.2) is 42.5 Å². The van der Waals surface area contributed by atoms with E-state index in [1.807, 2.05) is 42.5 Å². The van der Waals surface area contributed by atoms with Crippen LogP contribution in [-0.2, 0) is 4.79 Å². The van der Waals surface area contributed by atoms with Gasteiger partial charge in [0.1, 0.15) is 0 Å². The lowest BCUT2D eigenvalue weighted by molar-refractivity contribution is -0.114. The molecule has 1 aliphatic rings. The van der Waals surface area contributed by atoms with Gasteiger partial charge < -0.3 is 21.3 Å². The fraction of sp³-hybridized carbons (Fsp3) is 0.333. The first kappa shape index (κ1) is 20.4. The lowest BCUT2D eigenvalue weighted by Gasteiger charge is -2.15. The van der Waals surface area contributed by atoms with Gasteiger partial charge in [0.25, 0.3) is 0 Å². The monoisotopic (exact) mass is 416 g/mol. The minimum absolute atomic E-state index is 0.101. The van der Waals surface area contributed by atoms with Crippen LogP contribution in [0.4, 0.5) is 22.7 Å². The van der Waals surface area contributed by atoms with Crippen molar-refractivity contribution < 1.29 is 4.79 Å². The normalized spacial score (nSPS) is 13.8. The summed E-state index contributed by atoms with van der Waals surface area (Å²) in [5.74, 6) is 0.652. The number of amides is 1. The lowest BCUT2D eigenvalue weighted by Crippen LogP contribution is -2.19. The second-order valence-corrected chi connectivity index (χ2v) is 7.88. The van der Waals surface area contributed by atoms with Crippen LogP contribution in [0.1, 0.15) is 32.6 Å². The summed E-state index contributed by atoms with van der Waals surface area (Å²) in [5.41, 5.74) is 3.34. The summed E-state index contributed by atoms with van der Waals surface area (Å²) in [6.07, 6.45) is 5.28. The van der Waals surface area contributed by atoms with Crippen molar-refractivity contribution in [2.75, 3.05) is 27.8 Å². The van der Waals surface area contributed by atoms with Crippen molar-refractivity contribution in [3.05, 3.63) is 47.5 Å². The average Bonchev–Trinajstić information content (AvgIpc) is 3.16. The number of hydrogen-bond donors (Lipinski definition) is 4. The molecule has 148 valence electrons. The van der Waals surface area contributed by atoms with Gasteiger partial charge in [-0.1, -0.05) is 24.4 Å². The number of carbonyl (C=O) groups excluding carboxylic acids is 1. The number of nitrogens with one attached hydrogen (secondary N) is 4. The number of benzene rings is 2. The van der Waals surface area contributed by atoms with Crippen LogP contribution < -0.4 is 21.3 Å². The van der Waals surface area contributed by atoms with Crippen molar-refractivity contribution in [2.24, 2.45) is 5.92 Å². The van der Waals surface area contributed by atoms with Crippen molar-refractivity contribution in [3.63, 3.8) is 0 Å². The van der Waals surface area contributed by atoms with E-state index in [-0.39, 0.29) is 5.91 Å². The molecule has 0 aromatic heterocycles. The van der Waals surface area contributed by atoms with Crippen LogP contribution in [0.3, 0.4) is 0 Å². The smallest absolute Gasteiger partial charge is 0.221 e. The molecule has 0 spiro atoms.